The van der Waals surface area contributed by atoms with E-state index in [1.54, 1.807) is 11.9 Å². The number of benzene rings is 1. The summed E-state index contributed by atoms with van der Waals surface area (Å²) >= 11 is 2.20. The van der Waals surface area contributed by atoms with Crippen LogP contribution in [0.25, 0.3) is 0 Å². The number of halogens is 1. The van der Waals surface area contributed by atoms with Crippen LogP contribution in [-0.2, 0) is 4.74 Å². The minimum Gasteiger partial charge on any atom is -0.380 e. The fourth-order valence-electron chi connectivity index (χ4n) is 1.29. The largest absolute Gasteiger partial charge is 0.380 e. The Morgan fingerprint density at radius 3 is 2.88 bits per heavy atom. The summed E-state index contributed by atoms with van der Waals surface area (Å²) in [5.41, 5.74) is 0.728. The van der Waals surface area contributed by atoms with E-state index in [1.165, 1.54) is 0 Å². The first kappa shape index (κ1) is 13.4. The van der Waals surface area contributed by atoms with Gasteiger partial charge in [0.1, 0.15) is 0 Å². The summed E-state index contributed by atoms with van der Waals surface area (Å²) in [6.45, 7) is 3.84. The van der Waals surface area contributed by atoms with Crippen molar-refractivity contribution in [2.45, 2.75) is 6.92 Å². The van der Waals surface area contributed by atoms with E-state index in [-0.39, 0.29) is 5.91 Å². The molecule has 0 aliphatic carbocycles. The second-order valence-electron chi connectivity index (χ2n) is 3.43. The third-order valence-corrected chi connectivity index (χ3v) is 2.86. The lowest BCUT2D eigenvalue weighted by Crippen LogP contribution is -2.30. The molecule has 1 amide bonds. The maximum absolute atomic E-state index is 12.0. The molecule has 0 fully saturated rings. The molecule has 1 aromatic rings. The smallest absolute Gasteiger partial charge is 0.253 e. The number of hydrogen-bond acceptors (Lipinski definition) is 2. The van der Waals surface area contributed by atoms with Crippen molar-refractivity contribution in [3.8, 4) is 0 Å². The molecule has 0 aromatic heterocycles. The second-order valence-corrected chi connectivity index (χ2v) is 4.68. The third kappa shape index (κ3) is 4.09. The van der Waals surface area contributed by atoms with Gasteiger partial charge in [-0.3, -0.25) is 4.79 Å². The number of carbonyl (C=O) groups is 1. The zero-order chi connectivity index (χ0) is 12.0. The maximum atomic E-state index is 12.0. The van der Waals surface area contributed by atoms with E-state index in [0.717, 1.165) is 9.13 Å². The molecule has 88 valence electrons. The molecule has 1 aromatic carbocycles. The highest BCUT2D eigenvalue weighted by Crippen LogP contribution is 2.09. The predicted octanol–water partition coefficient (Wildman–Crippen LogP) is 2.40. The van der Waals surface area contributed by atoms with E-state index in [2.05, 4.69) is 22.6 Å². The van der Waals surface area contributed by atoms with Crippen LogP contribution in [0.2, 0.25) is 0 Å². The lowest BCUT2D eigenvalue weighted by atomic mass is 10.2. The summed E-state index contributed by atoms with van der Waals surface area (Å²) in [5.74, 6) is 0.0400. The highest BCUT2D eigenvalue weighted by Gasteiger charge is 2.10. The van der Waals surface area contributed by atoms with Gasteiger partial charge in [-0.1, -0.05) is 6.07 Å². The Hall–Kier alpha value is -0.620. The van der Waals surface area contributed by atoms with Crippen molar-refractivity contribution in [1.29, 1.82) is 0 Å². The van der Waals surface area contributed by atoms with Crippen LogP contribution in [0, 0.1) is 3.57 Å². The molecule has 0 atom stereocenters. The molecule has 0 bridgehead atoms. The highest BCUT2D eigenvalue weighted by molar-refractivity contribution is 14.1. The average molecular weight is 333 g/mol. The molecule has 16 heavy (non-hydrogen) atoms. The number of nitrogens with zero attached hydrogens (tertiary/aromatic N) is 1. The summed E-state index contributed by atoms with van der Waals surface area (Å²) in [6.07, 6.45) is 0. The Bertz CT molecular complexity index is 355. The summed E-state index contributed by atoms with van der Waals surface area (Å²) in [7, 11) is 1.79. The molecule has 4 heteroatoms. The van der Waals surface area contributed by atoms with Crippen LogP contribution in [0.4, 0.5) is 0 Å². The fraction of sp³-hybridized carbons (Fsp3) is 0.417. The van der Waals surface area contributed by atoms with Crippen LogP contribution < -0.4 is 0 Å². The maximum Gasteiger partial charge on any atom is 0.253 e. The first-order valence-electron chi connectivity index (χ1n) is 5.24. The molecule has 0 aliphatic rings. The first-order chi connectivity index (χ1) is 7.65. The van der Waals surface area contributed by atoms with Crippen molar-refractivity contribution in [1.82, 2.24) is 4.90 Å². The monoisotopic (exact) mass is 333 g/mol. The fourth-order valence-corrected chi connectivity index (χ4v) is 1.83. The molecular weight excluding hydrogens is 317 g/mol. The Balaban J connectivity index is 2.56. The van der Waals surface area contributed by atoms with Crippen LogP contribution in [0.5, 0.6) is 0 Å². The second kappa shape index (κ2) is 6.85. The van der Waals surface area contributed by atoms with Crippen molar-refractivity contribution >= 4 is 28.5 Å². The molecule has 0 spiro atoms. The van der Waals surface area contributed by atoms with E-state index in [1.807, 2.05) is 31.2 Å². The minimum absolute atomic E-state index is 0.0400. The van der Waals surface area contributed by atoms with Gasteiger partial charge in [-0.25, -0.2) is 0 Å². The zero-order valence-corrected chi connectivity index (χ0v) is 11.7. The normalized spacial score (nSPS) is 10.2. The molecule has 0 aliphatic heterocycles. The number of carbonyl (C=O) groups excluding carboxylic acids is 1. The van der Waals surface area contributed by atoms with Gasteiger partial charge in [0.05, 0.1) is 6.61 Å². The lowest BCUT2D eigenvalue weighted by molar-refractivity contribution is 0.0710. The molecule has 0 saturated carbocycles. The van der Waals surface area contributed by atoms with Crippen LogP contribution >= 0.6 is 22.6 Å². The summed E-state index contributed by atoms with van der Waals surface area (Å²) in [6, 6.07) is 7.59. The topological polar surface area (TPSA) is 29.5 Å². The van der Waals surface area contributed by atoms with Gasteiger partial charge in [-0.2, -0.15) is 0 Å². The molecule has 0 heterocycles. The number of likely N-dealkylation sites (N-methyl/N-ethyl adjacent to an activating group) is 1. The van der Waals surface area contributed by atoms with Crippen LogP contribution in [0.3, 0.4) is 0 Å². The van der Waals surface area contributed by atoms with Gasteiger partial charge in [-0.05, 0) is 47.7 Å². The zero-order valence-electron chi connectivity index (χ0n) is 9.57. The molecule has 0 radical (unpaired) electrons. The predicted molar refractivity (Wildman–Crippen MR) is 72.6 cm³/mol. The number of ether oxygens (including phenoxy) is 1. The van der Waals surface area contributed by atoms with Crippen molar-refractivity contribution in [2.24, 2.45) is 0 Å². The van der Waals surface area contributed by atoms with Gasteiger partial charge in [0, 0.05) is 29.3 Å². The average Bonchev–Trinajstić information content (AvgIpc) is 2.28. The van der Waals surface area contributed by atoms with Crippen LogP contribution in [-0.4, -0.2) is 37.6 Å². The quantitative estimate of drug-likeness (QED) is 0.612. The van der Waals surface area contributed by atoms with Crippen molar-refractivity contribution in [3.05, 3.63) is 33.4 Å². The van der Waals surface area contributed by atoms with E-state index in [9.17, 15) is 4.79 Å². The standard InChI is InChI=1S/C12H16INO2/c1-3-16-8-7-14(2)12(15)10-5-4-6-11(13)9-10/h4-6,9H,3,7-8H2,1-2H3. The van der Waals surface area contributed by atoms with Gasteiger partial charge < -0.3 is 9.64 Å². The minimum atomic E-state index is 0.0400. The van der Waals surface area contributed by atoms with E-state index in [0.29, 0.717) is 19.8 Å². The van der Waals surface area contributed by atoms with Gasteiger partial charge in [-0.15, -0.1) is 0 Å². The van der Waals surface area contributed by atoms with Crippen LogP contribution in [0.15, 0.2) is 24.3 Å². The molecule has 3 nitrogen and oxygen atoms in total. The number of rotatable bonds is 5. The molecular formula is C12H16INO2. The highest BCUT2D eigenvalue weighted by atomic mass is 127. The van der Waals surface area contributed by atoms with Crippen LogP contribution in [0.1, 0.15) is 17.3 Å². The Morgan fingerprint density at radius 1 is 1.50 bits per heavy atom. The summed E-state index contributed by atoms with van der Waals surface area (Å²) in [4.78, 5) is 13.6. The van der Waals surface area contributed by atoms with E-state index in [4.69, 9.17) is 4.74 Å². The Morgan fingerprint density at radius 2 is 2.25 bits per heavy atom. The van der Waals surface area contributed by atoms with Gasteiger partial charge >= 0.3 is 0 Å². The number of amides is 1. The van der Waals surface area contributed by atoms with E-state index < -0.39 is 0 Å². The lowest BCUT2D eigenvalue weighted by Gasteiger charge is -2.17. The van der Waals surface area contributed by atoms with Gasteiger partial charge in [0.25, 0.3) is 5.91 Å². The SMILES string of the molecule is CCOCCN(C)C(=O)c1cccc(I)c1. The van der Waals surface area contributed by atoms with Crippen molar-refractivity contribution < 1.29 is 9.53 Å². The van der Waals surface area contributed by atoms with Gasteiger partial charge in [0.2, 0.25) is 0 Å². The molecule has 1 rings (SSSR count). The Labute approximate surface area is 110 Å². The summed E-state index contributed by atoms with van der Waals surface area (Å²) in [5, 5.41) is 0. The van der Waals surface area contributed by atoms with Crippen molar-refractivity contribution in [3.63, 3.8) is 0 Å². The molecule has 0 unspecified atom stereocenters. The van der Waals surface area contributed by atoms with Crippen molar-refractivity contribution in [2.75, 3.05) is 26.8 Å². The Kier molecular flexibility index (Phi) is 5.76. The number of hydrogen-bond donors (Lipinski definition) is 0. The van der Waals surface area contributed by atoms with E-state index >= 15 is 0 Å². The third-order valence-electron chi connectivity index (χ3n) is 2.19. The first-order valence-corrected chi connectivity index (χ1v) is 6.31. The van der Waals surface area contributed by atoms with Gasteiger partial charge in [0.15, 0.2) is 0 Å². The molecule has 0 saturated heterocycles. The molecule has 0 N–H and O–H groups in total. The summed E-state index contributed by atoms with van der Waals surface area (Å²) < 4.78 is 6.29.